The maximum atomic E-state index is 5.49. The van der Waals surface area contributed by atoms with Gasteiger partial charge in [0.05, 0.1) is 7.11 Å². The molecule has 0 aromatic heterocycles. The topological polar surface area (TPSA) is 12.5 Å². The van der Waals surface area contributed by atoms with Crippen LogP contribution < -0.4 is 4.74 Å². The first-order chi connectivity index (χ1) is 10.1. The number of rotatable bonds is 3. The molecule has 0 saturated heterocycles. The lowest BCUT2D eigenvalue weighted by Crippen LogP contribution is -2.53. The zero-order valence-electron chi connectivity index (χ0n) is 14.0. The molecule has 21 heavy (non-hydrogen) atoms. The molecule has 1 aromatic rings. The van der Waals surface area contributed by atoms with Crippen LogP contribution in [0, 0.1) is 5.92 Å². The van der Waals surface area contributed by atoms with Crippen molar-refractivity contribution < 1.29 is 4.74 Å². The monoisotopic (exact) mass is 287 g/mol. The molecule has 3 rings (SSSR count). The van der Waals surface area contributed by atoms with Gasteiger partial charge < -0.3 is 9.64 Å². The van der Waals surface area contributed by atoms with Gasteiger partial charge in [-0.25, -0.2) is 0 Å². The van der Waals surface area contributed by atoms with Crippen molar-refractivity contribution in [1.82, 2.24) is 4.90 Å². The Labute approximate surface area is 129 Å². The first kappa shape index (κ1) is 14.9. The van der Waals surface area contributed by atoms with E-state index in [9.17, 15) is 0 Å². The van der Waals surface area contributed by atoms with Gasteiger partial charge in [-0.1, -0.05) is 32.8 Å². The first-order valence-electron chi connectivity index (χ1n) is 8.47. The highest BCUT2D eigenvalue weighted by Crippen LogP contribution is 2.51. The number of likely N-dealkylation sites (N-methyl/N-ethyl adjacent to an activating group) is 1. The summed E-state index contributed by atoms with van der Waals surface area (Å²) in [6.45, 7) is 5.93. The Morgan fingerprint density at radius 3 is 2.86 bits per heavy atom. The molecule has 2 aliphatic rings. The van der Waals surface area contributed by atoms with Crippen LogP contribution in [0.25, 0.3) is 0 Å². The Morgan fingerprint density at radius 1 is 1.33 bits per heavy atom. The van der Waals surface area contributed by atoms with Gasteiger partial charge in [-0.05, 0) is 67.4 Å². The lowest BCUT2D eigenvalue weighted by Gasteiger charge is -2.52. The van der Waals surface area contributed by atoms with Gasteiger partial charge >= 0.3 is 0 Å². The Balaban J connectivity index is 2.07. The first-order valence-corrected chi connectivity index (χ1v) is 8.47. The van der Waals surface area contributed by atoms with Crippen molar-refractivity contribution in [3.63, 3.8) is 0 Å². The minimum Gasteiger partial charge on any atom is -0.497 e. The molecule has 1 aromatic carbocycles. The second-order valence-electron chi connectivity index (χ2n) is 7.14. The van der Waals surface area contributed by atoms with Crippen LogP contribution in [0.2, 0.25) is 0 Å². The minimum absolute atomic E-state index is 0.328. The summed E-state index contributed by atoms with van der Waals surface area (Å²) in [7, 11) is 4.08. The average Bonchev–Trinajstić information content (AvgIpc) is 2.52. The van der Waals surface area contributed by atoms with Crippen LogP contribution in [-0.4, -0.2) is 31.6 Å². The van der Waals surface area contributed by atoms with E-state index in [-0.39, 0.29) is 0 Å². The van der Waals surface area contributed by atoms with E-state index in [4.69, 9.17) is 4.74 Å². The fraction of sp³-hybridized carbons (Fsp3) is 0.684. The average molecular weight is 287 g/mol. The van der Waals surface area contributed by atoms with Gasteiger partial charge in [0.2, 0.25) is 0 Å². The standard InChI is InChI=1S/C19H29NO/c1-5-20(3)18-12-14-9-10-15(21-4)13-17(14)19(2)11-7-6-8-16(18)19/h9-10,13,16,18H,5-8,11-12H2,1-4H3/t16-,18+,19-/m0/s1. The van der Waals surface area contributed by atoms with Crippen molar-refractivity contribution in [1.29, 1.82) is 0 Å². The number of hydrogen-bond donors (Lipinski definition) is 0. The Bertz CT molecular complexity index is 512. The lowest BCUT2D eigenvalue weighted by molar-refractivity contribution is 0.0711. The van der Waals surface area contributed by atoms with Crippen LogP contribution in [0.1, 0.15) is 50.7 Å². The maximum absolute atomic E-state index is 5.49. The third kappa shape index (κ3) is 2.38. The molecule has 0 amide bonds. The minimum atomic E-state index is 0.328. The van der Waals surface area contributed by atoms with Crippen LogP contribution in [0.4, 0.5) is 0 Å². The van der Waals surface area contributed by atoms with Crippen molar-refractivity contribution in [2.24, 2.45) is 5.92 Å². The molecular weight excluding hydrogens is 258 g/mol. The fourth-order valence-electron chi connectivity index (χ4n) is 4.77. The van der Waals surface area contributed by atoms with Gasteiger partial charge in [-0.3, -0.25) is 0 Å². The van der Waals surface area contributed by atoms with Crippen molar-refractivity contribution >= 4 is 0 Å². The van der Waals surface area contributed by atoms with E-state index >= 15 is 0 Å². The van der Waals surface area contributed by atoms with Crippen molar-refractivity contribution in [3.8, 4) is 5.75 Å². The van der Waals surface area contributed by atoms with Gasteiger partial charge in [0.25, 0.3) is 0 Å². The summed E-state index contributed by atoms with van der Waals surface area (Å²) in [6, 6.07) is 7.45. The van der Waals surface area contributed by atoms with E-state index in [0.717, 1.165) is 18.2 Å². The highest BCUT2D eigenvalue weighted by Gasteiger charge is 2.47. The maximum Gasteiger partial charge on any atom is 0.119 e. The van der Waals surface area contributed by atoms with E-state index in [1.807, 2.05) is 0 Å². The van der Waals surface area contributed by atoms with Gasteiger partial charge in [0, 0.05) is 6.04 Å². The molecule has 0 unspecified atom stereocenters. The summed E-state index contributed by atoms with van der Waals surface area (Å²) in [6.07, 6.45) is 6.66. The van der Waals surface area contributed by atoms with Gasteiger partial charge in [0.1, 0.15) is 5.75 Å². The predicted molar refractivity (Wildman–Crippen MR) is 88.1 cm³/mol. The van der Waals surface area contributed by atoms with Gasteiger partial charge in [-0.15, -0.1) is 0 Å². The molecule has 0 heterocycles. The molecule has 0 aliphatic heterocycles. The summed E-state index contributed by atoms with van der Waals surface area (Å²) in [5.41, 5.74) is 3.43. The zero-order chi connectivity index (χ0) is 15.0. The molecular formula is C19H29NO. The molecule has 0 N–H and O–H groups in total. The third-order valence-electron chi connectivity index (χ3n) is 6.17. The van der Waals surface area contributed by atoms with E-state index in [2.05, 4.69) is 44.0 Å². The Kier molecular flexibility index (Phi) is 4.00. The molecule has 0 spiro atoms. The van der Waals surface area contributed by atoms with Crippen molar-refractivity contribution in [2.75, 3.05) is 20.7 Å². The molecule has 116 valence electrons. The largest absolute Gasteiger partial charge is 0.497 e. The van der Waals surface area contributed by atoms with Crippen LogP contribution >= 0.6 is 0 Å². The van der Waals surface area contributed by atoms with Gasteiger partial charge in [0.15, 0.2) is 0 Å². The van der Waals surface area contributed by atoms with E-state index in [1.165, 1.54) is 32.1 Å². The van der Waals surface area contributed by atoms with Crippen LogP contribution in [-0.2, 0) is 11.8 Å². The van der Waals surface area contributed by atoms with Crippen molar-refractivity contribution in [2.45, 2.75) is 57.4 Å². The smallest absolute Gasteiger partial charge is 0.119 e. The molecule has 0 bridgehead atoms. The SMILES string of the molecule is CCN(C)[C@@H]1Cc2ccc(OC)cc2[C@@]2(C)CCCC[C@@H]12. The second kappa shape index (κ2) is 5.64. The van der Waals surface area contributed by atoms with Crippen LogP contribution in [0.3, 0.4) is 0 Å². The van der Waals surface area contributed by atoms with Crippen LogP contribution in [0.15, 0.2) is 18.2 Å². The normalized spacial score (nSPS) is 31.7. The lowest BCUT2D eigenvalue weighted by atomic mass is 9.56. The number of benzene rings is 1. The number of ether oxygens (including phenoxy) is 1. The van der Waals surface area contributed by atoms with Crippen molar-refractivity contribution in [3.05, 3.63) is 29.3 Å². The van der Waals surface area contributed by atoms with Gasteiger partial charge in [-0.2, -0.15) is 0 Å². The number of hydrogen-bond acceptors (Lipinski definition) is 2. The number of nitrogens with zero attached hydrogens (tertiary/aromatic N) is 1. The van der Waals surface area contributed by atoms with E-state index < -0.39 is 0 Å². The summed E-state index contributed by atoms with van der Waals surface area (Å²) < 4.78 is 5.49. The summed E-state index contributed by atoms with van der Waals surface area (Å²) in [4.78, 5) is 2.57. The Hall–Kier alpha value is -1.02. The molecule has 1 fully saturated rings. The molecule has 3 atom stereocenters. The molecule has 1 saturated carbocycles. The summed E-state index contributed by atoms with van der Waals surface area (Å²) in [5, 5.41) is 0. The van der Waals surface area contributed by atoms with Crippen LogP contribution in [0.5, 0.6) is 5.75 Å². The highest BCUT2D eigenvalue weighted by molar-refractivity contribution is 5.44. The molecule has 0 radical (unpaired) electrons. The zero-order valence-corrected chi connectivity index (χ0v) is 14.0. The highest BCUT2D eigenvalue weighted by atomic mass is 16.5. The predicted octanol–water partition coefficient (Wildman–Crippen LogP) is 4.02. The Morgan fingerprint density at radius 2 is 2.14 bits per heavy atom. The molecule has 2 aliphatic carbocycles. The molecule has 2 nitrogen and oxygen atoms in total. The number of methoxy groups -OCH3 is 1. The fourth-order valence-corrected chi connectivity index (χ4v) is 4.77. The summed E-state index contributed by atoms with van der Waals surface area (Å²) >= 11 is 0. The van der Waals surface area contributed by atoms with E-state index in [1.54, 1.807) is 18.2 Å². The quantitative estimate of drug-likeness (QED) is 0.832. The van der Waals surface area contributed by atoms with E-state index in [0.29, 0.717) is 11.5 Å². The summed E-state index contributed by atoms with van der Waals surface area (Å²) in [5.74, 6) is 1.80. The third-order valence-corrected chi connectivity index (χ3v) is 6.17. The number of fused-ring (bicyclic) bond motifs is 3. The second-order valence-corrected chi connectivity index (χ2v) is 7.14. The molecule has 2 heteroatoms.